The molecule has 2 aromatic rings. The summed E-state index contributed by atoms with van der Waals surface area (Å²) in [6, 6.07) is 16.0. The lowest BCUT2D eigenvalue weighted by Crippen LogP contribution is -2.31. The van der Waals surface area contributed by atoms with E-state index in [1.807, 2.05) is 42.5 Å². The minimum absolute atomic E-state index is 0.142. The van der Waals surface area contributed by atoms with E-state index < -0.39 is 6.10 Å². The molecule has 1 aliphatic rings. The number of aliphatic hydroxyl groups excluding tert-OH is 1. The summed E-state index contributed by atoms with van der Waals surface area (Å²) in [6.45, 7) is 0. The van der Waals surface area contributed by atoms with E-state index in [1.54, 1.807) is 0 Å². The molecule has 2 nitrogen and oxygen atoms in total. The van der Waals surface area contributed by atoms with Gasteiger partial charge in [0.1, 0.15) is 11.9 Å². The van der Waals surface area contributed by atoms with Crippen LogP contribution in [0.5, 0.6) is 5.75 Å². The molecule has 0 saturated carbocycles. The molecule has 0 saturated heterocycles. The standard InChI is InChI=1S/C16H15BrO2/c17-13-6-3-4-11(8-13)9-14(18)16-10-12-5-1-2-7-15(12)19-16/h1-8,14,16,18H,9-10H2. The van der Waals surface area contributed by atoms with Crippen LogP contribution in [0, 0.1) is 0 Å². The molecule has 2 aromatic carbocycles. The van der Waals surface area contributed by atoms with E-state index in [0.717, 1.165) is 22.2 Å². The third-order valence-corrected chi connectivity index (χ3v) is 3.93. The molecule has 0 radical (unpaired) electrons. The average molecular weight is 319 g/mol. The normalized spacial score (nSPS) is 18.7. The third kappa shape index (κ3) is 2.82. The first-order chi connectivity index (χ1) is 9.22. The van der Waals surface area contributed by atoms with Crippen LogP contribution in [0.1, 0.15) is 11.1 Å². The summed E-state index contributed by atoms with van der Waals surface area (Å²) < 4.78 is 6.84. The van der Waals surface area contributed by atoms with E-state index in [0.29, 0.717) is 6.42 Å². The molecule has 0 bridgehead atoms. The molecule has 0 aromatic heterocycles. The SMILES string of the molecule is OC(Cc1cccc(Br)c1)C1Cc2ccccc2O1. The lowest BCUT2D eigenvalue weighted by atomic mass is 10.0. The fraction of sp³-hybridized carbons (Fsp3) is 0.250. The third-order valence-electron chi connectivity index (χ3n) is 3.44. The van der Waals surface area contributed by atoms with Crippen molar-refractivity contribution in [1.82, 2.24) is 0 Å². The highest BCUT2D eigenvalue weighted by Crippen LogP contribution is 2.30. The van der Waals surface area contributed by atoms with Crippen molar-refractivity contribution in [3.63, 3.8) is 0 Å². The van der Waals surface area contributed by atoms with Crippen LogP contribution in [0.25, 0.3) is 0 Å². The van der Waals surface area contributed by atoms with Crippen molar-refractivity contribution in [2.75, 3.05) is 0 Å². The molecular formula is C16H15BrO2. The Morgan fingerprint density at radius 1 is 1.21 bits per heavy atom. The number of ether oxygens (including phenoxy) is 1. The number of hydrogen-bond donors (Lipinski definition) is 1. The van der Waals surface area contributed by atoms with Crippen LogP contribution in [-0.2, 0) is 12.8 Å². The predicted octanol–water partition coefficient (Wildman–Crippen LogP) is 3.36. The first kappa shape index (κ1) is 12.7. The molecule has 0 amide bonds. The van der Waals surface area contributed by atoms with Crippen LogP contribution in [0.3, 0.4) is 0 Å². The van der Waals surface area contributed by atoms with Gasteiger partial charge >= 0.3 is 0 Å². The van der Waals surface area contributed by atoms with E-state index in [4.69, 9.17) is 4.74 Å². The Bertz CT molecular complexity index is 557. The summed E-state index contributed by atoms with van der Waals surface area (Å²) in [5, 5.41) is 10.3. The number of rotatable bonds is 3. The first-order valence-corrected chi connectivity index (χ1v) is 7.19. The second-order valence-corrected chi connectivity index (χ2v) is 5.79. The lowest BCUT2D eigenvalue weighted by Gasteiger charge is -2.18. The molecule has 0 aliphatic carbocycles. The molecule has 3 heteroatoms. The van der Waals surface area contributed by atoms with Gasteiger partial charge < -0.3 is 9.84 Å². The maximum atomic E-state index is 10.3. The van der Waals surface area contributed by atoms with Gasteiger partial charge in [0.2, 0.25) is 0 Å². The fourth-order valence-corrected chi connectivity index (χ4v) is 2.91. The zero-order chi connectivity index (χ0) is 13.2. The number of halogens is 1. The number of para-hydroxylation sites is 1. The molecule has 1 heterocycles. The molecular weight excluding hydrogens is 304 g/mol. The summed E-state index contributed by atoms with van der Waals surface area (Å²) in [5.41, 5.74) is 2.29. The molecule has 0 fully saturated rings. The fourth-order valence-electron chi connectivity index (χ4n) is 2.46. The molecule has 2 unspecified atom stereocenters. The van der Waals surface area contributed by atoms with Gasteiger partial charge in [-0.05, 0) is 29.3 Å². The maximum Gasteiger partial charge on any atom is 0.129 e. The van der Waals surface area contributed by atoms with E-state index in [1.165, 1.54) is 5.56 Å². The van der Waals surface area contributed by atoms with Crippen molar-refractivity contribution in [2.24, 2.45) is 0 Å². The highest BCUT2D eigenvalue weighted by Gasteiger charge is 2.28. The molecule has 3 rings (SSSR count). The maximum absolute atomic E-state index is 10.3. The van der Waals surface area contributed by atoms with Crippen LogP contribution in [0.15, 0.2) is 53.0 Å². The van der Waals surface area contributed by atoms with Crippen molar-refractivity contribution in [3.05, 3.63) is 64.1 Å². The molecule has 19 heavy (non-hydrogen) atoms. The molecule has 0 spiro atoms. The quantitative estimate of drug-likeness (QED) is 0.940. The summed E-state index contributed by atoms with van der Waals surface area (Å²) in [6.07, 6.45) is 0.766. The summed E-state index contributed by atoms with van der Waals surface area (Å²) >= 11 is 3.45. The molecule has 1 aliphatic heterocycles. The number of aliphatic hydroxyl groups is 1. The Kier molecular flexibility index (Phi) is 3.58. The van der Waals surface area contributed by atoms with E-state index in [2.05, 4.69) is 22.0 Å². The minimum atomic E-state index is -0.485. The van der Waals surface area contributed by atoms with Gasteiger partial charge in [-0.3, -0.25) is 0 Å². The smallest absolute Gasteiger partial charge is 0.129 e. The Labute approximate surface area is 121 Å². The number of hydrogen-bond acceptors (Lipinski definition) is 2. The zero-order valence-corrected chi connectivity index (χ0v) is 12.0. The number of fused-ring (bicyclic) bond motifs is 1. The van der Waals surface area contributed by atoms with Crippen LogP contribution in [0.2, 0.25) is 0 Å². The largest absolute Gasteiger partial charge is 0.487 e. The molecule has 2 atom stereocenters. The van der Waals surface area contributed by atoms with Crippen LogP contribution in [-0.4, -0.2) is 17.3 Å². The van der Waals surface area contributed by atoms with E-state index in [-0.39, 0.29) is 6.10 Å². The molecule has 1 N–H and O–H groups in total. The van der Waals surface area contributed by atoms with Crippen molar-refractivity contribution >= 4 is 15.9 Å². The highest BCUT2D eigenvalue weighted by molar-refractivity contribution is 9.10. The van der Waals surface area contributed by atoms with Crippen molar-refractivity contribution in [3.8, 4) is 5.75 Å². The first-order valence-electron chi connectivity index (χ1n) is 6.39. The monoisotopic (exact) mass is 318 g/mol. The van der Waals surface area contributed by atoms with Crippen LogP contribution < -0.4 is 4.74 Å². The minimum Gasteiger partial charge on any atom is -0.487 e. The van der Waals surface area contributed by atoms with Gasteiger partial charge in [0, 0.05) is 17.3 Å². The second-order valence-electron chi connectivity index (χ2n) is 4.87. The van der Waals surface area contributed by atoms with Gasteiger partial charge in [0.25, 0.3) is 0 Å². The van der Waals surface area contributed by atoms with Gasteiger partial charge in [-0.25, -0.2) is 0 Å². The summed E-state index contributed by atoms with van der Waals surface area (Å²) in [5.74, 6) is 0.904. The van der Waals surface area contributed by atoms with Crippen LogP contribution >= 0.6 is 15.9 Å². The zero-order valence-electron chi connectivity index (χ0n) is 10.4. The topological polar surface area (TPSA) is 29.5 Å². The summed E-state index contributed by atoms with van der Waals surface area (Å²) in [4.78, 5) is 0. The van der Waals surface area contributed by atoms with Crippen molar-refractivity contribution in [2.45, 2.75) is 25.0 Å². The van der Waals surface area contributed by atoms with E-state index in [9.17, 15) is 5.11 Å². The second kappa shape index (κ2) is 5.35. The van der Waals surface area contributed by atoms with Gasteiger partial charge in [-0.1, -0.05) is 46.3 Å². The number of benzene rings is 2. The van der Waals surface area contributed by atoms with Crippen molar-refractivity contribution < 1.29 is 9.84 Å². The van der Waals surface area contributed by atoms with Gasteiger partial charge in [0.15, 0.2) is 0 Å². The lowest BCUT2D eigenvalue weighted by molar-refractivity contribution is 0.0503. The van der Waals surface area contributed by atoms with Crippen molar-refractivity contribution in [1.29, 1.82) is 0 Å². The highest BCUT2D eigenvalue weighted by atomic mass is 79.9. The van der Waals surface area contributed by atoms with Gasteiger partial charge in [-0.2, -0.15) is 0 Å². The van der Waals surface area contributed by atoms with Gasteiger partial charge in [0.05, 0.1) is 6.10 Å². The Morgan fingerprint density at radius 3 is 2.84 bits per heavy atom. The average Bonchev–Trinajstić information content (AvgIpc) is 2.82. The molecule has 98 valence electrons. The predicted molar refractivity (Wildman–Crippen MR) is 78.4 cm³/mol. The van der Waals surface area contributed by atoms with E-state index >= 15 is 0 Å². The van der Waals surface area contributed by atoms with Crippen LogP contribution in [0.4, 0.5) is 0 Å². The Morgan fingerprint density at radius 2 is 2.05 bits per heavy atom. The summed E-state index contributed by atoms with van der Waals surface area (Å²) in [7, 11) is 0. The Hall–Kier alpha value is -1.32. The Balaban J connectivity index is 1.68. The van der Waals surface area contributed by atoms with Gasteiger partial charge in [-0.15, -0.1) is 0 Å².